The van der Waals surface area contributed by atoms with Crippen LogP contribution in [0.3, 0.4) is 0 Å². The number of carboxylic acid groups (broad SMARTS) is 1. The van der Waals surface area contributed by atoms with Crippen LogP contribution in [0.4, 0.5) is 4.39 Å². The second-order valence-corrected chi connectivity index (χ2v) is 5.64. The number of halogens is 1. The van der Waals surface area contributed by atoms with Crippen LogP contribution in [0.5, 0.6) is 5.75 Å². The van der Waals surface area contributed by atoms with Crippen molar-refractivity contribution in [1.29, 1.82) is 0 Å². The van der Waals surface area contributed by atoms with Crippen molar-refractivity contribution in [2.24, 2.45) is 0 Å². The molecule has 4 heteroatoms. The molecule has 25 heavy (non-hydrogen) atoms. The molecular formula is C21H17FO3. The average molecular weight is 336 g/mol. The van der Waals surface area contributed by atoms with Crippen LogP contribution in [-0.2, 0) is 17.8 Å². The fourth-order valence-electron chi connectivity index (χ4n) is 2.67. The summed E-state index contributed by atoms with van der Waals surface area (Å²) in [5, 5.41) is 9.10. The Labute approximate surface area is 145 Å². The molecule has 3 rings (SSSR count). The third-order valence-electron chi connectivity index (χ3n) is 3.83. The number of carboxylic acids is 1. The molecule has 0 saturated carbocycles. The first-order chi connectivity index (χ1) is 12.1. The Kier molecular flexibility index (Phi) is 5.09. The summed E-state index contributed by atoms with van der Waals surface area (Å²) in [7, 11) is 0. The summed E-state index contributed by atoms with van der Waals surface area (Å²) in [5.74, 6) is -0.791. The molecule has 0 aliphatic heterocycles. The van der Waals surface area contributed by atoms with Crippen molar-refractivity contribution >= 4 is 5.97 Å². The van der Waals surface area contributed by atoms with E-state index in [9.17, 15) is 9.18 Å². The first-order valence-electron chi connectivity index (χ1n) is 7.90. The first kappa shape index (κ1) is 16.7. The molecule has 0 heterocycles. The summed E-state index contributed by atoms with van der Waals surface area (Å²) >= 11 is 0. The molecule has 1 N–H and O–H groups in total. The molecule has 0 atom stereocenters. The van der Waals surface area contributed by atoms with Crippen molar-refractivity contribution < 1.29 is 19.0 Å². The highest BCUT2D eigenvalue weighted by Crippen LogP contribution is 2.33. The Hall–Kier alpha value is -3.14. The zero-order chi connectivity index (χ0) is 17.6. The van der Waals surface area contributed by atoms with Crippen molar-refractivity contribution in [2.45, 2.75) is 13.0 Å². The monoisotopic (exact) mass is 336 g/mol. The third kappa shape index (κ3) is 4.23. The van der Waals surface area contributed by atoms with Crippen LogP contribution in [0.15, 0.2) is 72.8 Å². The average Bonchev–Trinajstić information content (AvgIpc) is 2.62. The van der Waals surface area contributed by atoms with Crippen LogP contribution < -0.4 is 4.74 Å². The predicted molar refractivity (Wildman–Crippen MR) is 93.9 cm³/mol. The summed E-state index contributed by atoms with van der Waals surface area (Å²) in [6.45, 7) is 0.376. The highest BCUT2D eigenvalue weighted by molar-refractivity contribution is 5.79. The summed E-state index contributed by atoms with van der Waals surface area (Å²) in [5.41, 5.74) is 2.77. The quantitative estimate of drug-likeness (QED) is 0.710. The van der Waals surface area contributed by atoms with Gasteiger partial charge in [-0.3, -0.25) is 4.79 Å². The van der Waals surface area contributed by atoms with E-state index in [0.29, 0.717) is 29.0 Å². The van der Waals surface area contributed by atoms with E-state index in [1.807, 2.05) is 42.5 Å². The highest BCUT2D eigenvalue weighted by Gasteiger charge is 2.14. The molecular weight excluding hydrogens is 319 g/mol. The zero-order valence-corrected chi connectivity index (χ0v) is 13.5. The number of carbonyl (C=O) groups is 1. The van der Waals surface area contributed by atoms with E-state index in [1.54, 1.807) is 12.1 Å². The number of hydrogen-bond donors (Lipinski definition) is 1. The van der Waals surface area contributed by atoms with Gasteiger partial charge in [0.1, 0.15) is 18.2 Å². The SMILES string of the molecule is O=C(O)Cc1ccc(F)cc1-c1ccccc1OCc1ccccc1. The lowest BCUT2D eigenvalue weighted by molar-refractivity contribution is -0.136. The van der Waals surface area contributed by atoms with Gasteiger partial charge in [0, 0.05) is 5.56 Å². The van der Waals surface area contributed by atoms with Gasteiger partial charge in [-0.05, 0) is 34.9 Å². The largest absolute Gasteiger partial charge is 0.488 e. The molecule has 0 aliphatic rings. The van der Waals surface area contributed by atoms with Gasteiger partial charge in [0.25, 0.3) is 0 Å². The van der Waals surface area contributed by atoms with E-state index < -0.39 is 11.8 Å². The number of para-hydroxylation sites is 1. The fourth-order valence-corrected chi connectivity index (χ4v) is 2.67. The minimum Gasteiger partial charge on any atom is -0.488 e. The summed E-state index contributed by atoms with van der Waals surface area (Å²) < 4.78 is 19.7. The fraction of sp³-hybridized carbons (Fsp3) is 0.0952. The lowest BCUT2D eigenvalue weighted by Crippen LogP contribution is -2.03. The summed E-state index contributed by atoms with van der Waals surface area (Å²) in [6, 6.07) is 21.1. The molecule has 0 fully saturated rings. The normalized spacial score (nSPS) is 10.4. The van der Waals surface area contributed by atoms with Crippen LogP contribution in [0.25, 0.3) is 11.1 Å². The van der Waals surface area contributed by atoms with Crippen LogP contribution in [0.1, 0.15) is 11.1 Å². The summed E-state index contributed by atoms with van der Waals surface area (Å²) in [6.07, 6.45) is -0.178. The number of aliphatic carboxylic acids is 1. The number of benzene rings is 3. The van der Waals surface area contributed by atoms with E-state index in [4.69, 9.17) is 9.84 Å². The van der Waals surface area contributed by atoms with Crippen molar-refractivity contribution in [2.75, 3.05) is 0 Å². The molecule has 0 spiro atoms. The maximum Gasteiger partial charge on any atom is 0.307 e. The van der Waals surface area contributed by atoms with Gasteiger partial charge in [-0.15, -0.1) is 0 Å². The lowest BCUT2D eigenvalue weighted by atomic mass is 9.96. The van der Waals surface area contributed by atoms with Crippen molar-refractivity contribution in [3.8, 4) is 16.9 Å². The van der Waals surface area contributed by atoms with E-state index in [1.165, 1.54) is 18.2 Å². The number of hydrogen-bond acceptors (Lipinski definition) is 2. The van der Waals surface area contributed by atoms with E-state index in [2.05, 4.69) is 0 Å². The third-order valence-corrected chi connectivity index (χ3v) is 3.83. The molecule has 0 saturated heterocycles. The smallest absolute Gasteiger partial charge is 0.307 e. The molecule has 0 aliphatic carbocycles. The van der Waals surface area contributed by atoms with Crippen molar-refractivity contribution in [3.63, 3.8) is 0 Å². The molecule has 0 bridgehead atoms. The Morgan fingerprint density at radius 1 is 0.920 bits per heavy atom. The molecule has 0 radical (unpaired) electrons. The lowest BCUT2D eigenvalue weighted by Gasteiger charge is -2.14. The molecule has 0 amide bonds. The van der Waals surface area contributed by atoms with Crippen LogP contribution in [-0.4, -0.2) is 11.1 Å². The van der Waals surface area contributed by atoms with Crippen molar-refractivity contribution in [3.05, 3.63) is 89.7 Å². The van der Waals surface area contributed by atoms with Crippen LogP contribution in [0.2, 0.25) is 0 Å². The Morgan fingerprint density at radius 2 is 1.64 bits per heavy atom. The van der Waals surface area contributed by atoms with Crippen LogP contribution >= 0.6 is 0 Å². The predicted octanol–water partition coefficient (Wildman–Crippen LogP) is 4.70. The molecule has 3 nitrogen and oxygen atoms in total. The van der Waals surface area contributed by atoms with Gasteiger partial charge in [0.15, 0.2) is 0 Å². The van der Waals surface area contributed by atoms with Gasteiger partial charge in [-0.1, -0.05) is 54.6 Å². The van der Waals surface area contributed by atoms with Gasteiger partial charge in [-0.2, -0.15) is 0 Å². The Bertz CT molecular complexity index is 875. The van der Waals surface area contributed by atoms with Gasteiger partial charge >= 0.3 is 5.97 Å². The van der Waals surface area contributed by atoms with E-state index in [0.717, 1.165) is 5.56 Å². The summed E-state index contributed by atoms with van der Waals surface area (Å²) in [4.78, 5) is 11.1. The number of rotatable bonds is 6. The molecule has 126 valence electrons. The Morgan fingerprint density at radius 3 is 2.40 bits per heavy atom. The molecule has 3 aromatic rings. The standard InChI is InChI=1S/C21H17FO3/c22-17-11-10-16(12-21(23)24)19(13-17)18-8-4-5-9-20(18)25-14-15-6-2-1-3-7-15/h1-11,13H,12,14H2,(H,23,24). The number of ether oxygens (including phenoxy) is 1. The van der Waals surface area contributed by atoms with Crippen molar-refractivity contribution in [1.82, 2.24) is 0 Å². The maximum atomic E-state index is 13.8. The minimum absolute atomic E-state index is 0.178. The highest BCUT2D eigenvalue weighted by atomic mass is 19.1. The topological polar surface area (TPSA) is 46.5 Å². The maximum absolute atomic E-state index is 13.8. The molecule has 0 unspecified atom stereocenters. The zero-order valence-electron chi connectivity index (χ0n) is 13.5. The van der Waals surface area contributed by atoms with Gasteiger partial charge < -0.3 is 9.84 Å². The van der Waals surface area contributed by atoms with Gasteiger partial charge in [0.05, 0.1) is 6.42 Å². The molecule has 3 aromatic carbocycles. The van der Waals surface area contributed by atoms with E-state index >= 15 is 0 Å². The van der Waals surface area contributed by atoms with Gasteiger partial charge in [-0.25, -0.2) is 4.39 Å². The second kappa shape index (κ2) is 7.62. The first-order valence-corrected chi connectivity index (χ1v) is 7.90. The van der Waals surface area contributed by atoms with Crippen LogP contribution in [0, 0.1) is 5.82 Å². The second-order valence-electron chi connectivity index (χ2n) is 5.64. The molecule has 0 aromatic heterocycles. The Balaban J connectivity index is 1.95. The van der Waals surface area contributed by atoms with Gasteiger partial charge in [0.2, 0.25) is 0 Å². The minimum atomic E-state index is -0.962. The van der Waals surface area contributed by atoms with E-state index in [-0.39, 0.29) is 6.42 Å².